The Balaban J connectivity index is 3.50. The number of primary amides is 1. The lowest BCUT2D eigenvalue weighted by molar-refractivity contribution is -0.122. The molecular weight excluding hydrogens is 224 g/mol. The number of carbonyl (C=O) groups is 2. The van der Waals surface area contributed by atoms with E-state index in [1.54, 1.807) is 14.0 Å². The molecule has 100 valence electrons. The monoisotopic (exact) mass is 246 g/mol. The summed E-state index contributed by atoms with van der Waals surface area (Å²) in [5, 5.41) is 8.17. The van der Waals surface area contributed by atoms with Crippen LogP contribution in [0.3, 0.4) is 0 Å². The van der Waals surface area contributed by atoms with E-state index in [2.05, 4.69) is 16.0 Å². The van der Waals surface area contributed by atoms with Crippen molar-refractivity contribution < 1.29 is 14.3 Å². The van der Waals surface area contributed by atoms with Crippen molar-refractivity contribution in [1.29, 1.82) is 0 Å². The molecule has 0 radical (unpaired) electrons. The van der Waals surface area contributed by atoms with Crippen LogP contribution in [0.1, 0.15) is 13.3 Å². The van der Waals surface area contributed by atoms with Crippen molar-refractivity contribution in [3.63, 3.8) is 0 Å². The van der Waals surface area contributed by atoms with Gasteiger partial charge in [-0.25, -0.2) is 4.79 Å². The van der Waals surface area contributed by atoms with Crippen molar-refractivity contribution >= 4 is 11.9 Å². The van der Waals surface area contributed by atoms with Crippen molar-refractivity contribution in [2.24, 2.45) is 5.73 Å². The fraction of sp³-hybridized carbons (Fsp3) is 0.800. The molecule has 7 heteroatoms. The van der Waals surface area contributed by atoms with Gasteiger partial charge in [0.15, 0.2) is 0 Å². The van der Waals surface area contributed by atoms with Gasteiger partial charge in [0.25, 0.3) is 0 Å². The van der Waals surface area contributed by atoms with Gasteiger partial charge < -0.3 is 26.4 Å². The van der Waals surface area contributed by atoms with E-state index in [0.717, 1.165) is 6.42 Å². The summed E-state index contributed by atoms with van der Waals surface area (Å²) in [6, 6.07) is -0.865. The first kappa shape index (κ1) is 15.7. The van der Waals surface area contributed by atoms with Gasteiger partial charge in [0.05, 0.1) is 6.04 Å². The minimum Gasteiger partial charge on any atom is -0.385 e. The number of nitrogens with one attached hydrogen (secondary N) is 3. The Bertz CT molecular complexity index is 236. The average molecular weight is 246 g/mol. The molecule has 0 aromatic carbocycles. The summed E-state index contributed by atoms with van der Waals surface area (Å²) in [7, 11) is 1.62. The maximum atomic E-state index is 11.5. The topological polar surface area (TPSA) is 105 Å². The molecule has 0 saturated carbocycles. The third-order valence-electron chi connectivity index (χ3n) is 2.09. The molecule has 0 aromatic rings. The summed E-state index contributed by atoms with van der Waals surface area (Å²) >= 11 is 0. The molecule has 0 aromatic heterocycles. The van der Waals surface area contributed by atoms with Crippen molar-refractivity contribution in [3.8, 4) is 0 Å². The van der Waals surface area contributed by atoms with E-state index in [9.17, 15) is 9.59 Å². The highest BCUT2D eigenvalue weighted by molar-refractivity contribution is 5.81. The zero-order valence-corrected chi connectivity index (χ0v) is 10.4. The molecule has 1 unspecified atom stereocenters. The number of rotatable bonds is 9. The molecule has 3 amide bonds. The lowest BCUT2D eigenvalue weighted by atomic mass is 10.3. The van der Waals surface area contributed by atoms with Crippen molar-refractivity contribution in [2.45, 2.75) is 19.4 Å². The molecule has 7 nitrogen and oxygen atoms in total. The van der Waals surface area contributed by atoms with Crippen LogP contribution in [0.4, 0.5) is 4.79 Å². The molecule has 0 saturated heterocycles. The van der Waals surface area contributed by atoms with Gasteiger partial charge in [0, 0.05) is 33.4 Å². The normalized spacial score (nSPS) is 11.9. The van der Waals surface area contributed by atoms with Gasteiger partial charge in [-0.1, -0.05) is 0 Å². The third kappa shape index (κ3) is 9.58. The summed E-state index contributed by atoms with van der Waals surface area (Å²) in [4.78, 5) is 21.9. The van der Waals surface area contributed by atoms with Crippen LogP contribution in [0.15, 0.2) is 0 Å². The number of methoxy groups -OCH3 is 1. The fourth-order valence-corrected chi connectivity index (χ4v) is 1.15. The second-order valence-corrected chi connectivity index (χ2v) is 3.60. The van der Waals surface area contributed by atoms with E-state index in [1.165, 1.54) is 0 Å². The second kappa shape index (κ2) is 9.86. The summed E-state index contributed by atoms with van der Waals surface area (Å²) in [6.07, 6.45) is 0.790. The van der Waals surface area contributed by atoms with Gasteiger partial charge in [-0.15, -0.1) is 0 Å². The molecule has 0 spiro atoms. The molecule has 0 rings (SSSR count). The molecule has 0 aliphatic rings. The molecule has 0 aliphatic carbocycles. The van der Waals surface area contributed by atoms with Crippen LogP contribution < -0.4 is 21.7 Å². The Kier molecular flexibility index (Phi) is 9.08. The summed E-state index contributed by atoms with van der Waals surface area (Å²) in [6.45, 7) is 3.88. The molecule has 0 heterocycles. The Labute approximate surface area is 101 Å². The lowest BCUT2D eigenvalue weighted by Gasteiger charge is -2.13. The van der Waals surface area contributed by atoms with Gasteiger partial charge in [0.1, 0.15) is 0 Å². The molecule has 1 atom stereocenters. The molecule has 5 N–H and O–H groups in total. The Morgan fingerprint density at radius 2 is 1.94 bits per heavy atom. The Morgan fingerprint density at radius 3 is 2.53 bits per heavy atom. The van der Waals surface area contributed by atoms with Crippen LogP contribution in [0, 0.1) is 0 Å². The first-order valence-corrected chi connectivity index (χ1v) is 5.61. The zero-order valence-electron chi connectivity index (χ0n) is 10.4. The van der Waals surface area contributed by atoms with Crippen LogP contribution in [-0.2, 0) is 9.53 Å². The molecule has 0 bridgehead atoms. The first-order chi connectivity index (χ1) is 8.07. The number of carbonyl (C=O) groups excluding carboxylic acids is 2. The molecule has 0 fully saturated rings. The summed E-state index contributed by atoms with van der Waals surface area (Å²) in [5.74, 6) is -0.0693. The van der Waals surface area contributed by atoms with Gasteiger partial charge in [-0.2, -0.15) is 0 Å². The highest BCUT2D eigenvalue weighted by Crippen LogP contribution is 1.83. The lowest BCUT2D eigenvalue weighted by Crippen LogP contribution is -2.45. The van der Waals surface area contributed by atoms with E-state index < -0.39 is 6.03 Å². The minimum absolute atomic E-state index is 0.0693. The SMILES string of the molecule is COCCCNC(=O)C(C)NCCNC(N)=O. The number of ether oxygens (including phenoxy) is 1. The van der Waals surface area contributed by atoms with Gasteiger partial charge in [-0.05, 0) is 13.3 Å². The van der Waals surface area contributed by atoms with Crippen LogP contribution in [-0.4, -0.2) is 51.3 Å². The number of hydrogen-bond donors (Lipinski definition) is 4. The van der Waals surface area contributed by atoms with Crippen molar-refractivity contribution in [1.82, 2.24) is 16.0 Å². The number of hydrogen-bond acceptors (Lipinski definition) is 4. The van der Waals surface area contributed by atoms with E-state index in [1.807, 2.05) is 0 Å². The minimum atomic E-state index is -0.566. The zero-order chi connectivity index (χ0) is 13.1. The predicted octanol–water partition coefficient (Wildman–Crippen LogP) is -1.21. The predicted molar refractivity (Wildman–Crippen MR) is 64.6 cm³/mol. The van der Waals surface area contributed by atoms with Crippen LogP contribution in [0.5, 0.6) is 0 Å². The number of nitrogens with two attached hydrogens (primary N) is 1. The third-order valence-corrected chi connectivity index (χ3v) is 2.09. The summed E-state index contributed by atoms with van der Waals surface area (Å²) < 4.78 is 4.87. The van der Waals surface area contributed by atoms with Gasteiger partial charge >= 0.3 is 6.03 Å². The fourth-order valence-electron chi connectivity index (χ4n) is 1.15. The van der Waals surface area contributed by atoms with E-state index in [0.29, 0.717) is 26.2 Å². The second-order valence-electron chi connectivity index (χ2n) is 3.60. The van der Waals surface area contributed by atoms with Crippen LogP contribution in [0.2, 0.25) is 0 Å². The molecule has 17 heavy (non-hydrogen) atoms. The van der Waals surface area contributed by atoms with E-state index >= 15 is 0 Å². The van der Waals surface area contributed by atoms with Crippen molar-refractivity contribution in [3.05, 3.63) is 0 Å². The highest BCUT2D eigenvalue weighted by atomic mass is 16.5. The largest absolute Gasteiger partial charge is 0.385 e. The van der Waals surface area contributed by atoms with E-state index in [4.69, 9.17) is 10.5 Å². The quantitative estimate of drug-likeness (QED) is 0.383. The van der Waals surface area contributed by atoms with Gasteiger partial charge in [-0.3, -0.25) is 4.79 Å². The highest BCUT2D eigenvalue weighted by Gasteiger charge is 2.10. The molecular formula is C10H22N4O3. The standard InChI is InChI=1S/C10H22N4O3/c1-8(12-5-6-14-10(11)16)9(15)13-4-3-7-17-2/h8,12H,3-7H2,1-2H3,(H,13,15)(H3,11,14,16). The van der Waals surface area contributed by atoms with Gasteiger partial charge in [0.2, 0.25) is 5.91 Å². The van der Waals surface area contributed by atoms with E-state index in [-0.39, 0.29) is 11.9 Å². The Morgan fingerprint density at radius 1 is 1.24 bits per heavy atom. The smallest absolute Gasteiger partial charge is 0.312 e. The number of urea groups is 1. The number of amides is 3. The van der Waals surface area contributed by atoms with Crippen LogP contribution >= 0.6 is 0 Å². The maximum absolute atomic E-state index is 11.5. The first-order valence-electron chi connectivity index (χ1n) is 5.61. The van der Waals surface area contributed by atoms with Crippen molar-refractivity contribution in [2.75, 3.05) is 33.4 Å². The summed E-state index contributed by atoms with van der Waals surface area (Å²) in [5.41, 5.74) is 4.89. The Hall–Kier alpha value is -1.34. The average Bonchev–Trinajstić information content (AvgIpc) is 2.29. The van der Waals surface area contributed by atoms with Crippen LogP contribution in [0.25, 0.3) is 0 Å². The maximum Gasteiger partial charge on any atom is 0.312 e. The molecule has 0 aliphatic heterocycles.